The molecule has 8 heteroatoms. The van der Waals surface area contributed by atoms with Gasteiger partial charge in [-0.3, -0.25) is 29.1 Å². The zero-order valence-corrected chi connectivity index (χ0v) is 14.0. The smallest absolute Gasteiger partial charge is 0.317 e. The van der Waals surface area contributed by atoms with Crippen molar-refractivity contribution in [2.24, 2.45) is 5.41 Å². The molecule has 0 aromatic heterocycles. The number of ketones is 1. The number of hydrogen-bond acceptors (Lipinski definition) is 6. The first-order chi connectivity index (χ1) is 9.91. The highest BCUT2D eigenvalue weighted by molar-refractivity contribution is 5.85. The molecule has 0 unspecified atom stereocenters. The number of carboxylic acid groups (broad SMARTS) is 2. The molecule has 0 rings (SSSR count). The molecule has 0 fully saturated rings. The van der Waals surface area contributed by atoms with Crippen LogP contribution in [0.2, 0.25) is 0 Å². The lowest BCUT2D eigenvalue weighted by atomic mass is 9.90. The molecule has 22 heavy (non-hydrogen) atoms. The Hall–Kier alpha value is -1.51. The summed E-state index contributed by atoms with van der Waals surface area (Å²) in [6, 6.07) is 0. The molecule has 0 saturated heterocycles. The monoisotopic (exact) mass is 317 g/mol. The molecule has 0 aliphatic heterocycles. The van der Waals surface area contributed by atoms with Gasteiger partial charge in [0.05, 0.1) is 33.0 Å². The van der Waals surface area contributed by atoms with Crippen LogP contribution in [0.5, 0.6) is 0 Å². The van der Waals surface area contributed by atoms with Crippen LogP contribution in [0.15, 0.2) is 0 Å². The normalized spacial score (nSPS) is 12.2. The lowest BCUT2D eigenvalue weighted by Gasteiger charge is -2.32. The molecule has 2 N–H and O–H groups in total. The lowest BCUT2D eigenvalue weighted by Crippen LogP contribution is -2.48. The highest BCUT2D eigenvalue weighted by atomic mass is 16.4. The second-order valence-electron chi connectivity index (χ2n) is 6.64. The predicted octanol–water partition coefficient (Wildman–Crippen LogP) is -0.149. The zero-order chi connectivity index (χ0) is 17.5. The van der Waals surface area contributed by atoms with E-state index in [-0.39, 0.29) is 32.1 Å². The minimum absolute atomic E-state index is 0.0138. The maximum atomic E-state index is 12.2. The maximum Gasteiger partial charge on any atom is 0.317 e. The minimum Gasteiger partial charge on any atom is -0.480 e. The van der Waals surface area contributed by atoms with E-state index in [9.17, 15) is 14.4 Å². The van der Waals surface area contributed by atoms with Crippen LogP contribution in [0.1, 0.15) is 20.8 Å². The van der Waals surface area contributed by atoms with E-state index >= 15 is 0 Å². The van der Waals surface area contributed by atoms with Crippen molar-refractivity contribution >= 4 is 17.7 Å². The van der Waals surface area contributed by atoms with Gasteiger partial charge in [-0.25, -0.2) is 0 Å². The Labute approximate surface area is 131 Å². The van der Waals surface area contributed by atoms with E-state index in [0.29, 0.717) is 6.67 Å². The molecule has 0 heterocycles. The van der Waals surface area contributed by atoms with E-state index in [1.807, 2.05) is 39.8 Å². The molecule has 0 atom stereocenters. The Morgan fingerprint density at radius 2 is 1.27 bits per heavy atom. The Kier molecular flexibility index (Phi) is 8.21. The second-order valence-corrected chi connectivity index (χ2v) is 6.64. The maximum absolute atomic E-state index is 12.2. The summed E-state index contributed by atoms with van der Waals surface area (Å²) in [6.07, 6.45) is 0. The first-order valence-electron chi connectivity index (χ1n) is 6.98. The molecule has 8 nitrogen and oxygen atoms in total. The molecule has 0 bridgehead atoms. The van der Waals surface area contributed by atoms with Crippen LogP contribution >= 0.6 is 0 Å². The minimum atomic E-state index is -1.10. The van der Waals surface area contributed by atoms with Gasteiger partial charge in [0.1, 0.15) is 0 Å². The molecule has 0 spiro atoms. The summed E-state index contributed by atoms with van der Waals surface area (Å²) >= 11 is 0. The van der Waals surface area contributed by atoms with Crippen molar-refractivity contribution in [2.75, 3.05) is 47.1 Å². The summed E-state index contributed by atoms with van der Waals surface area (Å²) in [6.45, 7) is 5.33. The number of aliphatic carboxylic acids is 2. The van der Waals surface area contributed by atoms with Crippen molar-refractivity contribution < 1.29 is 24.6 Å². The van der Waals surface area contributed by atoms with Gasteiger partial charge in [0.25, 0.3) is 0 Å². The van der Waals surface area contributed by atoms with E-state index in [1.54, 1.807) is 4.90 Å². The van der Waals surface area contributed by atoms with Crippen molar-refractivity contribution in [2.45, 2.75) is 20.8 Å². The molecule has 0 aliphatic rings. The number of rotatable bonds is 10. The fourth-order valence-corrected chi connectivity index (χ4v) is 1.81. The summed E-state index contributed by atoms with van der Waals surface area (Å²) < 4.78 is 0. The number of carboxylic acids is 2. The average molecular weight is 317 g/mol. The van der Waals surface area contributed by atoms with Gasteiger partial charge in [0, 0.05) is 5.41 Å². The predicted molar refractivity (Wildman–Crippen MR) is 81.4 cm³/mol. The van der Waals surface area contributed by atoms with Crippen LogP contribution in [0.25, 0.3) is 0 Å². The van der Waals surface area contributed by atoms with Gasteiger partial charge in [0.2, 0.25) is 0 Å². The Bertz CT molecular complexity index is 388. The summed E-state index contributed by atoms with van der Waals surface area (Å²) in [7, 11) is 3.65. The standard InChI is InChI=1S/C14H27N3O5/c1-14(2,3)11(18)6-17(9-15(4)5)10-16(7-12(19)20)8-13(21)22/h6-10H2,1-5H3,(H,19,20)(H,21,22). The topological polar surface area (TPSA) is 101 Å². The van der Waals surface area contributed by atoms with Crippen molar-refractivity contribution in [3.05, 3.63) is 0 Å². The zero-order valence-electron chi connectivity index (χ0n) is 14.0. The van der Waals surface area contributed by atoms with Crippen molar-refractivity contribution in [1.29, 1.82) is 0 Å². The Morgan fingerprint density at radius 1 is 0.818 bits per heavy atom. The summed E-state index contributed by atoms with van der Waals surface area (Å²) in [5, 5.41) is 17.7. The molecule has 0 aliphatic carbocycles. The third-order valence-corrected chi connectivity index (χ3v) is 2.80. The van der Waals surface area contributed by atoms with Gasteiger partial charge < -0.3 is 10.2 Å². The lowest BCUT2D eigenvalue weighted by molar-refractivity contribution is -0.143. The summed E-state index contributed by atoms with van der Waals surface area (Å²) in [5.74, 6) is -2.19. The van der Waals surface area contributed by atoms with E-state index in [0.717, 1.165) is 0 Å². The van der Waals surface area contributed by atoms with Crippen LogP contribution in [-0.4, -0.2) is 89.7 Å². The fraction of sp³-hybridized carbons (Fsp3) is 0.786. The van der Waals surface area contributed by atoms with E-state index in [2.05, 4.69) is 0 Å². The van der Waals surface area contributed by atoms with E-state index in [1.165, 1.54) is 4.90 Å². The molecule has 0 aromatic rings. The Balaban J connectivity index is 4.94. The molecule has 128 valence electrons. The van der Waals surface area contributed by atoms with Crippen LogP contribution in [-0.2, 0) is 14.4 Å². The molecule has 0 aromatic carbocycles. The Morgan fingerprint density at radius 3 is 1.59 bits per heavy atom. The summed E-state index contributed by atoms with van der Waals surface area (Å²) in [4.78, 5) is 38.7. The van der Waals surface area contributed by atoms with Gasteiger partial charge in [-0.15, -0.1) is 0 Å². The van der Waals surface area contributed by atoms with Crippen molar-refractivity contribution in [1.82, 2.24) is 14.7 Å². The molecular weight excluding hydrogens is 290 g/mol. The van der Waals surface area contributed by atoms with E-state index in [4.69, 9.17) is 10.2 Å². The average Bonchev–Trinajstić information content (AvgIpc) is 2.23. The summed E-state index contributed by atoms with van der Waals surface area (Å²) in [5.41, 5.74) is -0.505. The van der Waals surface area contributed by atoms with Crippen LogP contribution in [0.3, 0.4) is 0 Å². The van der Waals surface area contributed by atoms with Crippen LogP contribution in [0.4, 0.5) is 0 Å². The number of Topliss-reactive ketones (excluding diaryl/α,β-unsaturated/α-hetero) is 1. The van der Waals surface area contributed by atoms with Gasteiger partial charge >= 0.3 is 11.9 Å². The number of carbonyl (C=O) groups is 3. The fourth-order valence-electron chi connectivity index (χ4n) is 1.81. The van der Waals surface area contributed by atoms with Crippen molar-refractivity contribution in [3.8, 4) is 0 Å². The molecule has 0 amide bonds. The van der Waals surface area contributed by atoms with Crippen LogP contribution in [0, 0.1) is 5.41 Å². The van der Waals surface area contributed by atoms with Gasteiger partial charge in [0.15, 0.2) is 5.78 Å². The third kappa shape index (κ3) is 9.43. The quantitative estimate of drug-likeness (QED) is 0.537. The molecule has 0 radical (unpaired) electrons. The third-order valence-electron chi connectivity index (χ3n) is 2.80. The first kappa shape index (κ1) is 20.5. The number of carbonyl (C=O) groups excluding carboxylic acids is 1. The van der Waals surface area contributed by atoms with Gasteiger partial charge in [-0.05, 0) is 14.1 Å². The highest BCUT2D eigenvalue weighted by Crippen LogP contribution is 2.15. The molecular formula is C14H27N3O5. The number of nitrogens with zero attached hydrogens (tertiary/aromatic N) is 3. The van der Waals surface area contributed by atoms with Gasteiger partial charge in [-0.1, -0.05) is 20.8 Å². The molecule has 0 saturated carbocycles. The number of hydrogen-bond donors (Lipinski definition) is 2. The highest BCUT2D eigenvalue weighted by Gasteiger charge is 2.25. The second kappa shape index (κ2) is 8.82. The first-order valence-corrected chi connectivity index (χ1v) is 6.98. The van der Waals surface area contributed by atoms with Crippen LogP contribution < -0.4 is 0 Å². The SMILES string of the molecule is CN(C)CN(CC(=O)C(C)(C)C)CN(CC(=O)O)CC(=O)O. The van der Waals surface area contributed by atoms with Gasteiger partial charge in [-0.2, -0.15) is 0 Å². The largest absolute Gasteiger partial charge is 0.480 e. The van der Waals surface area contributed by atoms with Crippen molar-refractivity contribution in [3.63, 3.8) is 0 Å². The van der Waals surface area contributed by atoms with E-state index < -0.39 is 17.4 Å².